The van der Waals surface area contributed by atoms with Crippen LogP contribution in [-0.4, -0.2) is 62.1 Å². The zero-order chi connectivity index (χ0) is 16.3. The molecule has 1 aromatic rings. The van der Waals surface area contributed by atoms with Gasteiger partial charge in [-0.1, -0.05) is 39.1 Å². The summed E-state index contributed by atoms with van der Waals surface area (Å²) in [7, 11) is -3.71. The summed E-state index contributed by atoms with van der Waals surface area (Å²) in [6.45, 7) is 2.94. The summed E-state index contributed by atoms with van der Waals surface area (Å²) in [5.74, 6) is 0. The van der Waals surface area contributed by atoms with Crippen LogP contribution in [0.5, 0.6) is 0 Å². The van der Waals surface area contributed by atoms with Crippen LogP contribution < -0.4 is 0 Å². The van der Waals surface area contributed by atoms with Crippen LogP contribution in [-0.2, 0) is 10.0 Å². The molecule has 0 atom stereocenters. The molecule has 1 aliphatic rings. The topological polar surface area (TPSA) is 60.9 Å². The van der Waals surface area contributed by atoms with Crippen LogP contribution in [0.4, 0.5) is 0 Å². The number of aliphatic hydroxyl groups is 1. The van der Waals surface area contributed by atoms with Gasteiger partial charge in [0.25, 0.3) is 0 Å². The molecule has 0 saturated carbocycles. The predicted molar refractivity (Wildman–Crippen MR) is 91.1 cm³/mol. The number of nitrogens with zero attached hydrogens (tertiary/aromatic N) is 2. The van der Waals surface area contributed by atoms with Gasteiger partial charge in [0.15, 0.2) is 0 Å². The van der Waals surface area contributed by atoms with E-state index in [9.17, 15) is 8.42 Å². The second-order valence-electron chi connectivity index (χ2n) is 5.02. The van der Waals surface area contributed by atoms with Gasteiger partial charge in [0, 0.05) is 43.8 Å². The summed E-state index contributed by atoms with van der Waals surface area (Å²) in [5, 5.41) is 9.07. The molecule has 0 bridgehead atoms. The van der Waals surface area contributed by atoms with Crippen molar-refractivity contribution in [2.24, 2.45) is 0 Å². The van der Waals surface area contributed by atoms with E-state index >= 15 is 0 Å². The lowest BCUT2D eigenvalue weighted by atomic mass is 10.3. The van der Waals surface area contributed by atoms with E-state index in [1.54, 1.807) is 0 Å². The molecular weight excluding hydrogens is 415 g/mol. The number of hydrogen-bond acceptors (Lipinski definition) is 4. The van der Waals surface area contributed by atoms with E-state index in [1.807, 2.05) is 0 Å². The lowest BCUT2D eigenvalue weighted by Crippen LogP contribution is -2.48. The molecule has 0 amide bonds. The van der Waals surface area contributed by atoms with Gasteiger partial charge in [-0.3, -0.25) is 0 Å². The van der Waals surface area contributed by atoms with Crippen molar-refractivity contribution >= 4 is 49.2 Å². The monoisotopic (exact) mass is 430 g/mol. The Hall–Kier alpha value is 0.110. The third-order valence-corrected chi connectivity index (χ3v) is 6.80. The Bertz CT molecular complexity index is 611. The third-order valence-electron chi connectivity index (χ3n) is 3.52. The average molecular weight is 432 g/mol. The number of hydrogen-bond donors (Lipinski definition) is 1. The Morgan fingerprint density at radius 1 is 1.14 bits per heavy atom. The molecule has 1 heterocycles. The molecule has 0 radical (unpaired) electrons. The van der Waals surface area contributed by atoms with Crippen LogP contribution in [0.2, 0.25) is 10.0 Å². The van der Waals surface area contributed by atoms with Crippen molar-refractivity contribution in [3.63, 3.8) is 0 Å². The maximum atomic E-state index is 12.7. The summed E-state index contributed by atoms with van der Waals surface area (Å²) >= 11 is 15.4. The zero-order valence-corrected chi connectivity index (χ0v) is 15.7. The molecule has 9 heteroatoms. The van der Waals surface area contributed by atoms with Crippen LogP contribution in [0.15, 0.2) is 21.5 Å². The number of piperazine rings is 1. The quantitative estimate of drug-likeness (QED) is 0.777. The van der Waals surface area contributed by atoms with E-state index in [0.29, 0.717) is 37.1 Å². The molecule has 0 aromatic heterocycles. The largest absolute Gasteiger partial charge is 0.396 e. The van der Waals surface area contributed by atoms with E-state index in [1.165, 1.54) is 16.4 Å². The third kappa shape index (κ3) is 4.14. The van der Waals surface area contributed by atoms with E-state index in [4.69, 9.17) is 28.3 Å². The maximum absolute atomic E-state index is 12.7. The van der Waals surface area contributed by atoms with Gasteiger partial charge in [-0.25, -0.2) is 8.42 Å². The summed E-state index contributed by atoms with van der Waals surface area (Å²) in [5.41, 5.74) is 0. The first kappa shape index (κ1) is 18.4. The van der Waals surface area contributed by atoms with Gasteiger partial charge in [-0.2, -0.15) is 4.31 Å². The van der Waals surface area contributed by atoms with Gasteiger partial charge < -0.3 is 10.0 Å². The molecule has 0 unspecified atom stereocenters. The van der Waals surface area contributed by atoms with Crippen LogP contribution in [0, 0.1) is 0 Å². The Morgan fingerprint density at radius 3 is 2.18 bits per heavy atom. The summed E-state index contributed by atoms with van der Waals surface area (Å²) in [6.07, 6.45) is 0.692. The van der Waals surface area contributed by atoms with Crippen LogP contribution in [0.3, 0.4) is 0 Å². The van der Waals surface area contributed by atoms with Gasteiger partial charge in [0.2, 0.25) is 10.0 Å². The van der Waals surface area contributed by atoms with Crippen LogP contribution in [0.25, 0.3) is 0 Å². The number of rotatable bonds is 5. The second-order valence-corrected chi connectivity index (χ2v) is 8.63. The number of benzene rings is 1. The van der Waals surface area contributed by atoms with Gasteiger partial charge in [-0.15, -0.1) is 0 Å². The molecule has 1 fully saturated rings. The number of sulfonamides is 1. The fourth-order valence-electron chi connectivity index (χ4n) is 2.39. The molecule has 0 spiro atoms. The smallest absolute Gasteiger partial charge is 0.246 e. The van der Waals surface area contributed by atoms with Crippen molar-refractivity contribution in [3.05, 3.63) is 26.7 Å². The Balaban J connectivity index is 2.16. The second kappa shape index (κ2) is 7.79. The summed E-state index contributed by atoms with van der Waals surface area (Å²) < 4.78 is 27.5. The fourth-order valence-corrected chi connectivity index (χ4v) is 5.70. The SMILES string of the molecule is O=S(=O)(c1c(Cl)cc(Br)cc1Cl)N1CCN(CCCO)CC1. The molecule has 124 valence electrons. The van der Waals surface area contributed by atoms with Crippen molar-refractivity contribution in [1.29, 1.82) is 0 Å². The highest BCUT2D eigenvalue weighted by atomic mass is 79.9. The minimum Gasteiger partial charge on any atom is -0.396 e. The molecule has 2 rings (SSSR count). The maximum Gasteiger partial charge on any atom is 0.246 e. The highest BCUT2D eigenvalue weighted by molar-refractivity contribution is 9.10. The molecule has 0 aliphatic carbocycles. The Labute approximate surface area is 149 Å². The first-order chi connectivity index (χ1) is 10.4. The normalized spacial score (nSPS) is 17.8. The lowest BCUT2D eigenvalue weighted by Gasteiger charge is -2.34. The van der Waals surface area contributed by atoms with Gasteiger partial charge in [-0.05, 0) is 18.6 Å². The molecular formula is C13H17BrCl2N2O3S. The first-order valence-electron chi connectivity index (χ1n) is 6.84. The minimum absolute atomic E-state index is 0.0390. The van der Waals surface area contributed by atoms with Crippen LogP contribution >= 0.6 is 39.1 Å². The van der Waals surface area contributed by atoms with Crippen molar-refractivity contribution in [1.82, 2.24) is 9.21 Å². The molecule has 1 N–H and O–H groups in total. The average Bonchev–Trinajstić information content (AvgIpc) is 2.44. The Kier molecular flexibility index (Phi) is 6.53. The highest BCUT2D eigenvalue weighted by Gasteiger charge is 2.32. The zero-order valence-electron chi connectivity index (χ0n) is 11.8. The number of aliphatic hydroxyl groups excluding tert-OH is 1. The molecule has 22 heavy (non-hydrogen) atoms. The van der Waals surface area contributed by atoms with Crippen LogP contribution in [0.1, 0.15) is 6.42 Å². The van der Waals surface area contributed by atoms with E-state index in [-0.39, 0.29) is 21.5 Å². The fraction of sp³-hybridized carbons (Fsp3) is 0.538. The molecule has 1 aliphatic heterocycles. The molecule has 1 saturated heterocycles. The van der Waals surface area contributed by atoms with Gasteiger partial charge >= 0.3 is 0 Å². The van der Waals surface area contributed by atoms with Crippen molar-refractivity contribution in [2.75, 3.05) is 39.3 Å². The predicted octanol–water partition coefficient (Wildman–Crippen LogP) is 2.44. The van der Waals surface area contributed by atoms with Gasteiger partial charge in [0.05, 0.1) is 10.0 Å². The van der Waals surface area contributed by atoms with E-state index in [2.05, 4.69) is 20.8 Å². The summed E-state index contributed by atoms with van der Waals surface area (Å²) in [4.78, 5) is 2.09. The Morgan fingerprint density at radius 2 is 1.68 bits per heavy atom. The van der Waals surface area contributed by atoms with Crippen molar-refractivity contribution < 1.29 is 13.5 Å². The lowest BCUT2D eigenvalue weighted by molar-refractivity contribution is 0.171. The van der Waals surface area contributed by atoms with Crippen molar-refractivity contribution in [2.45, 2.75) is 11.3 Å². The van der Waals surface area contributed by atoms with E-state index < -0.39 is 10.0 Å². The number of halogens is 3. The molecule has 1 aromatic carbocycles. The first-order valence-corrected chi connectivity index (χ1v) is 9.83. The minimum atomic E-state index is -3.71. The molecule has 5 nitrogen and oxygen atoms in total. The van der Waals surface area contributed by atoms with E-state index in [0.717, 1.165) is 6.54 Å². The summed E-state index contributed by atoms with van der Waals surface area (Å²) in [6, 6.07) is 3.05. The highest BCUT2D eigenvalue weighted by Crippen LogP contribution is 2.34. The van der Waals surface area contributed by atoms with Gasteiger partial charge in [0.1, 0.15) is 4.90 Å². The van der Waals surface area contributed by atoms with Crippen molar-refractivity contribution in [3.8, 4) is 0 Å². The standard InChI is InChI=1S/C13H17BrCl2N2O3S/c14-10-8-11(15)13(12(16)9-10)22(20,21)18-5-3-17(4-6-18)2-1-7-19/h8-9,19H,1-7H2.